The monoisotopic (exact) mass is 1290 g/mol. The first-order chi connectivity index (χ1) is 45.0. The maximum absolute atomic E-state index is 12.9. The highest BCUT2D eigenvalue weighted by Crippen LogP contribution is 2.38. The Morgan fingerprint density at radius 2 is 0.587 bits per heavy atom. The van der Waals surface area contributed by atoms with Crippen LogP contribution in [0.25, 0.3) is 0 Å². The van der Waals surface area contributed by atoms with Gasteiger partial charge in [0.25, 0.3) is 7.82 Å². The van der Waals surface area contributed by atoms with Gasteiger partial charge < -0.3 is 27.9 Å². The number of phosphoric ester groups is 1. The van der Waals surface area contributed by atoms with E-state index in [1.807, 2.05) is 21.1 Å². The average Bonchev–Trinajstić information content (AvgIpc) is 2.14. The molecule has 0 aliphatic heterocycles. The fourth-order valence-electron chi connectivity index (χ4n) is 8.64. The van der Waals surface area contributed by atoms with Crippen LogP contribution in [-0.4, -0.2) is 70.0 Å². The maximum Gasteiger partial charge on any atom is 0.306 e. The molecule has 0 aliphatic carbocycles. The number of quaternary nitrogens is 1. The van der Waals surface area contributed by atoms with E-state index in [9.17, 15) is 19.0 Å². The second-order valence-corrected chi connectivity index (χ2v) is 25.2. The summed E-state index contributed by atoms with van der Waals surface area (Å²) in [5, 5.41) is 0. The Labute approximate surface area is 563 Å². The molecule has 0 rings (SSSR count). The van der Waals surface area contributed by atoms with Crippen LogP contribution in [0.5, 0.6) is 0 Å². The highest BCUT2D eigenvalue weighted by atomic mass is 31.2. The van der Waals surface area contributed by atoms with Gasteiger partial charge in [0.2, 0.25) is 0 Å². The minimum absolute atomic E-state index is 0.0498. The van der Waals surface area contributed by atoms with E-state index in [0.29, 0.717) is 23.9 Å². The summed E-state index contributed by atoms with van der Waals surface area (Å²) < 4.78 is 34.3. The molecule has 0 saturated carbocycles. The number of nitrogens with zero attached hydrogens (tertiary/aromatic N) is 1. The molecule has 9 nitrogen and oxygen atoms in total. The van der Waals surface area contributed by atoms with Crippen molar-refractivity contribution >= 4 is 19.8 Å². The highest BCUT2D eigenvalue weighted by Gasteiger charge is 2.22. The van der Waals surface area contributed by atoms with Gasteiger partial charge in [-0.2, -0.15) is 0 Å². The van der Waals surface area contributed by atoms with Crippen LogP contribution in [0, 0.1) is 0 Å². The Balaban J connectivity index is 4.22. The lowest BCUT2D eigenvalue weighted by Crippen LogP contribution is -2.37. The van der Waals surface area contributed by atoms with Crippen molar-refractivity contribution in [3.63, 3.8) is 0 Å². The third kappa shape index (κ3) is 73.4. The summed E-state index contributed by atoms with van der Waals surface area (Å²) in [6.07, 6.45) is 111. The highest BCUT2D eigenvalue weighted by molar-refractivity contribution is 7.45. The minimum Gasteiger partial charge on any atom is -0.756 e. The fraction of sp³-hybridized carbons (Fsp3) is 0.537. The van der Waals surface area contributed by atoms with Crippen molar-refractivity contribution in [1.29, 1.82) is 0 Å². The summed E-state index contributed by atoms with van der Waals surface area (Å²) >= 11 is 0. The molecule has 92 heavy (non-hydrogen) atoms. The number of esters is 2. The summed E-state index contributed by atoms with van der Waals surface area (Å²) in [5.74, 6) is -0.887. The first kappa shape index (κ1) is 86.3. The SMILES string of the molecule is CC/C=C\C/C=C\C/C=C\C/C=C\C/C=C\C/C=C\C/C=C\C/C=C\C/C=C\C/C=C\C/C=C\CCCCCCCC(=O)OC(COC(=O)CCCCCCCCC/C=C\C/C=C\C/C=C\C/C=C\C/C=C\C/C=C\C/C=C\CC)COP(=O)([O-])OCC[N+](C)(C)C. The maximum atomic E-state index is 12.9. The molecule has 2 unspecified atom stereocenters. The van der Waals surface area contributed by atoms with Crippen LogP contribution >= 0.6 is 7.82 Å². The van der Waals surface area contributed by atoms with E-state index in [0.717, 1.165) is 173 Å². The molecule has 0 radical (unpaired) electrons. The van der Waals surface area contributed by atoms with Crippen molar-refractivity contribution in [1.82, 2.24) is 0 Å². The van der Waals surface area contributed by atoms with E-state index < -0.39 is 32.5 Å². The molecule has 0 bridgehead atoms. The predicted octanol–water partition coefficient (Wildman–Crippen LogP) is 23.0. The standard InChI is InChI=1S/C82H128NO8P/c1-6-8-10-12-14-16-18-20-22-24-26-28-30-32-34-36-37-38-39-40-41-42-43-44-45-47-49-51-53-55-57-59-61-63-65-67-69-71-73-75-82(85)91-80(79-90-92(86,87)89-77-76-83(3,4)5)78-88-81(84)74-72-70-68-66-64-62-60-58-56-54-52-50-48-46-35-33-31-29-27-25-23-21-19-17-15-13-11-9-7-2/h8-11,14-17,20-23,26-29,32-35,37-38,40-41,43-44,47-50,53-56,59,61,80H,6-7,12-13,18-19,24-25,30-31,36,39,42,45-46,51-52,57-58,60,62-79H2,1-5H3/b10-8-,11-9-,16-14-,17-15-,22-20-,23-21-,28-26-,29-27-,34-32-,35-33-,38-37-,41-40-,44-43-,49-47-,50-48-,55-53-,56-54-,61-59-. The van der Waals surface area contributed by atoms with Crippen molar-refractivity contribution in [2.75, 3.05) is 47.5 Å². The van der Waals surface area contributed by atoms with Gasteiger partial charge >= 0.3 is 11.9 Å². The Morgan fingerprint density at radius 1 is 0.337 bits per heavy atom. The van der Waals surface area contributed by atoms with Crippen molar-refractivity contribution in [3.8, 4) is 0 Å². The molecule has 514 valence electrons. The summed E-state index contributed by atoms with van der Waals surface area (Å²) in [4.78, 5) is 38.1. The van der Waals surface area contributed by atoms with Gasteiger partial charge in [-0.3, -0.25) is 14.2 Å². The largest absolute Gasteiger partial charge is 0.756 e. The number of carbonyl (C=O) groups is 2. The topological polar surface area (TPSA) is 111 Å². The van der Waals surface area contributed by atoms with Gasteiger partial charge in [-0.25, -0.2) is 0 Å². The fourth-order valence-corrected chi connectivity index (χ4v) is 9.37. The van der Waals surface area contributed by atoms with Crippen molar-refractivity contribution < 1.29 is 42.1 Å². The lowest BCUT2D eigenvalue weighted by molar-refractivity contribution is -0.870. The molecular formula is C82H128NO8P. The van der Waals surface area contributed by atoms with Gasteiger partial charge in [0.05, 0.1) is 27.7 Å². The normalized spacial score (nSPS) is 14.5. The van der Waals surface area contributed by atoms with E-state index >= 15 is 0 Å². The summed E-state index contributed by atoms with van der Waals surface area (Å²) in [5.41, 5.74) is 0. The molecule has 2 atom stereocenters. The molecule has 0 fully saturated rings. The zero-order valence-electron chi connectivity index (χ0n) is 58.4. The summed E-state index contributed by atoms with van der Waals surface area (Å²) in [6, 6.07) is 0. The second-order valence-electron chi connectivity index (χ2n) is 23.8. The number of rotatable bonds is 62. The number of hydrogen-bond donors (Lipinski definition) is 0. The molecule has 0 aromatic heterocycles. The van der Waals surface area contributed by atoms with Gasteiger partial charge in [0, 0.05) is 12.8 Å². The van der Waals surface area contributed by atoms with Crippen LogP contribution in [0.1, 0.15) is 232 Å². The quantitative estimate of drug-likeness (QED) is 0.0195. The van der Waals surface area contributed by atoms with Gasteiger partial charge in [0.1, 0.15) is 19.8 Å². The smallest absolute Gasteiger partial charge is 0.306 e. The number of unbranched alkanes of at least 4 members (excludes halogenated alkanes) is 12. The number of ether oxygens (including phenoxy) is 2. The Hall–Kier alpha value is -5.67. The Bertz CT molecular complexity index is 2360. The molecule has 0 aliphatic rings. The molecule has 0 saturated heterocycles. The zero-order valence-corrected chi connectivity index (χ0v) is 59.3. The van der Waals surface area contributed by atoms with Crippen molar-refractivity contribution in [2.24, 2.45) is 0 Å². The van der Waals surface area contributed by atoms with Gasteiger partial charge in [0.15, 0.2) is 6.10 Å². The molecule has 0 aromatic carbocycles. The van der Waals surface area contributed by atoms with Gasteiger partial charge in [-0.15, -0.1) is 0 Å². The first-order valence-electron chi connectivity index (χ1n) is 35.4. The number of allylic oxidation sites excluding steroid dienone is 36. The Kier molecular flexibility index (Phi) is 65.4. The van der Waals surface area contributed by atoms with Crippen LogP contribution < -0.4 is 4.89 Å². The molecule has 10 heteroatoms. The van der Waals surface area contributed by atoms with Crippen LogP contribution in [0.4, 0.5) is 0 Å². The number of carbonyl (C=O) groups excluding carboxylic acids is 2. The van der Waals surface area contributed by atoms with Crippen LogP contribution in [0.2, 0.25) is 0 Å². The van der Waals surface area contributed by atoms with Crippen LogP contribution in [0.3, 0.4) is 0 Å². The molecule has 0 amide bonds. The third-order valence-electron chi connectivity index (χ3n) is 14.0. The summed E-state index contributed by atoms with van der Waals surface area (Å²) in [6.45, 7) is 3.94. The first-order valence-corrected chi connectivity index (χ1v) is 36.9. The predicted molar refractivity (Wildman–Crippen MR) is 396 cm³/mol. The van der Waals surface area contributed by atoms with Gasteiger partial charge in [-0.05, 0) is 154 Å². The molecule has 0 spiro atoms. The number of likely N-dealkylation sites (N-methyl/N-ethyl adjacent to an activating group) is 1. The average molecular weight is 1290 g/mol. The van der Waals surface area contributed by atoms with Crippen molar-refractivity contribution in [2.45, 2.75) is 238 Å². The zero-order chi connectivity index (χ0) is 66.9. The molecular weight excluding hydrogens is 1160 g/mol. The summed E-state index contributed by atoms with van der Waals surface area (Å²) in [7, 11) is 1.11. The van der Waals surface area contributed by atoms with Gasteiger partial charge in [-0.1, -0.05) is 284 Å². The minimum atomic E-state index is -4.67. The lowest BCUT2D eigenvalue weighted by Gasteiger charge is -2.28. The van der Waals surface area contributed by atoms with Crippen LogP contribution in [0.15, 0.2) is 219 Å². The van der Waals surface area contributed by atoms with E-state index in [1.54, 1.807) is 0 Å². The van der Waals surface area contributed by atoms with E-state index in [1.165, 1.54) is 19.3 Å². The van der Waals surface area contributed by atoms with Crippen molar-refractivity contribution in [3.05, 3.63) is 219 Å². The molecule has 0 aromatic rings. The van der Waals surface area contributed by atoms with E-state index in [2.05, 4.69) is 233 Å². The van der Waals surface area contributed by atoms with E-state index in [4.69, 9.17) is 18.5 Å². The Morgan fingerprint density at radius 3 is 0.870 bits per heavy atom. The number of phosphoric acid groups is 1. The lowest BCUT2D eigenvalue weighted by atomic mass is 10.1. The second kappa shape index (κ2) is 69.7. The van der Waals surface area contributed by atoms with E-state index in [-0.39, 0.29) is 26.1 Å². The number of hydrogen-bond acceptors (Lipinski definition) is 8. The van der Waals surface area contributed by atoms with Crippen LogP contribution in [-0.2, 0) is 32.7 Å². The molecule has 0 N–H and O–H groups in total. The third-order valence-corrected chi connectivity index (χ3v) is 15.0. The molecule has 0 heterocycles.